The molecule has 4 aromatic rings. The number of pyridine rings is 1. The van der Waals surface area contributed by atoms with E-state index in [1.54, 1.807) is 12.5 Å². The van der Waals surface area contributed by atoms with Crippen molar-refractivity contribution >= 4 is 22.4 Å². The molecule has 0 bridgehead atoms. The largest absolute Gasteiger partial charge is 0.487 e. The highest BCUT2D eigenvalue weighted by molar-refractivity contribution is 5.91. The predicted molar refractivity (Wildman–Crippen MR) is 137 cm³/mol. The maximum Gasteiger partial charge on any atom is 0.141 e. The van der Waals surface area contributed by atoms with E-state index >= 15 is 0 Å². The van der Waals surface area contributed by atoms with Crippen LogP contribution in [0.4, 0.5) is 11.5 Å². The van der Waals surface area contributed by atoms with E-state index < -0.39 is 5.60 Å². The van der Waals surface area contributed by atoms with Crippen molar-refractivity contribution < 1.29 is 9.84 Å². The summed E-state index contributed by atoms with van der Waals surface area (Å²) < 4.78 is 5.94. The number of aryl methyl sites for hydroxylation is 1. The molecule has 2 aromatic carbocycles. The molecule has 0 spiro atoms. The normalized spacial score (nSPS) is 17.4. The lowest BCUT2D eigenvalue weighted by Crippen LogP contribution is -2.44. The molecule has 35 heavy (non-hydrogen) atoms. The van der Waals surface area contributed by atoms with E-state index in [1.807, 2.05) is 61.5 Å². The highest BCUT2D eigenvalue weighted by Gasteiger charge is 2.26. The number of piperidine rings is 1. The van der Waals surface area contributed by atoms with Crippen LogP contribution in [-0.2, 0) is 6.61 Å². The van der Waals surface area contributed by atoms with Crippen LogP contribution in [0.1, 0.15) is 29.7 Å². The zero-order chi connectivity index (χ0) is 24.1. The van der Waals surface area contributed by atoms with Crippen molar-refractivity contribution in [2.75, 3.05) is 18.4 Å². The van der Waals surface area contributed by atoms with Crippen LogP contribution in [0.15, 0.2) is 67.1 Å². The van der Waals surface area contributed by atoms with Gasteiger partial charge in [0.1, 0.15) is 30.1 Å². The van der Waals surface area contributed by atoms with Gasteiger partial charge in [0.25, 0.3) is 0 Å². The molecule has 1 saturated heterocycles. The van der Waals surface area contributed by atoms with Crippen molar-refractivity contribution in [2.45, 2.75) is 32.0 Å². The molecule has 2 aromatic heterocycles. The number of hydrogen-bond acceptors (Lipinski definition) is 7. The molecular weight excluding hydrogens is 438 g/mol. The molecule has 0 radical (unpaired) electrons. The van der Waals surface area contributed by atoms with Crippen LogP contribution >= 0.6 is 0 Å². The second-order valence-corrected chi connectivity index (χ2v) is 8.73. The lowest BCUT2D eigenvalue weighted by atomic mass is 9.94. The average molecular weight is 466 g/mol. The summed E-state index contributed by atoms with van der Waals surface area (Å²) >= 11 is 0. The lowest BCUT2D eigenvalue weighted by molar-refractivity contribution is 0.0736. The lowest BCUT2D eigenvalue weighted by Gasteiger charge is -2.27. The highest BCUT2D eigenvalue weighted by atomic mass is 16.5. The summed E-state index contributed by atoms with van der Waals surface area (Å²) in [6.07, 6.45) is 4.90. The Morgan fingerprint density at radius 3 is 2.86 bits per heavy atom. The second-order valence-electron chi connectivity index (χ2n) is 8.73. The van der Waals surface area contributed by atoms with E-state index in [0.29, 0.717) is 25.4 Å². The summed E-state index contributed by atoms with van der Waals surface area (Å²) in [6, 6.07) is 17.5. The molecule has 1 aliphatic heterocycles. The number of nitrogens with one attached hydrogen (secondary N) is 2. The van der Waals surface area contributed by atoms with Crippen LogP contribution in [0.25, 0.3) is 10.9 Å². The standard InChI is InChI=1S/C28H27N5O2/c1-20-15-22(7-9-26(20)35-17-23-5-2-3-14-30-23)33-27-24-16-21(6-8-25(24)31-19-32-27)10-12-28(34)11-4-13-29-18-28/h2-3,5-9,14-16,19,29,34H,4,11,13,17-18H2,1H3,(H,31,32,33). The molecule has 1 atom stereocenters. The van der Waals surface area contributed by atoms with E-state index in [4.69, 9.17) is 4.74 Å². The van der Waals surface area contributed by atoms with Crippen molar-refractivity contribution in [1.82, 2.24) is 20.3 Å². The van der Waals surface area contributed by atoms with Gasteiger partial charge in [0, 0.05) is 29.4 Å². The minimum Gasteiger partial charge on any atom is -0.487 e. The van der Waals surface area contributed by atoms with Crippen LogP contribution in [0, 0.1) is 18.8 Å². The third-order valence-corrected chi connectivity index (χ3v) is 5.98. The molecule has 1 aliphatic rings. The Balaban J connectivity index is 1.35. The van der Waals surface area contributed by atoms with Crippen LogP contribution < -0.4 is 15.4 Å². The Hall–Kier alpha value is -3.99. The zero-order valence-electron chi connectivity index (χ0n) is 19.6. The summed E-state index contributed by atoms with van der Waals surface area (Å²) in [5.41, 5.74) is 3.42. The van der Waals surface area contributed by atoms with Crippen LogP contribution in [0.3, 0.4) is 0 Å². The number of fused-ring (bicyclic) bond motifs is 1. The third-order valence-electron chi connectivity index (χ3n) is 5.98. The predicted octanol–water partition coefficient (Wildman–Crippen LogP) is 4.12. The van der Waals surface area contributed by atoms with E-state index in [0.717, 1.165) is 52.1 Å². The summed E-state index contributed by atoms with van der Waals surface area (Å²) in [5.74, 6) is 7.69. The second kappa shape index (κ2) is 10.1. The summed E-state index contributed by atoms with van der Waals surface area (Å²) in [5, 5.41) is 18.1. The van der Waals surface area contributed by atoms with Gasteiger partial charge in [0.05, 0.1) is 11.2 Å². The van der Waals surface area contributed by atoms with Crippen LogP contribution in [0.2, 0.25) is 0 Å². The molecule has 0 amide bonds. The number of anilines is 2. The zero-order valence-corrected chi connectivity index (χ0v) is 19.6. The molecule has 7 heteroatoms. The smallest absolute Gasteiger partial charge is 0.141 e. The summed E-state index contributed by atoms with van der Waals surface area (Å²) in [6.45, 7) is 3.84. The highest BCUT2D eigenvalue weighted by Crippen LogP contribution is 2.28. The molecule has 1 fully saturated rings. The van der Waals surface area contributed by atoms with Crippen molar-refractivity contribution in [1.29, 1.82) is 0 Å². The van der Waals surface area contributed by atoms with Crippen molar-refractivity contribution in [2.24, 2.45) is 0 Å². The molecule has 7 nitrogen and oxygen atoms in total. The van der Waals surface area contributed by atoms with Crippen molar-refractivity contribution in [3.05, 3.63) is 83.9 Å². The third kappa shape index (κ3) is 5.57. The van der Waals surface area contributed by atoms with Gasteiger partial charge in [-0.2, -0.15) is 0 Å². The molecule has 1 unspecified atom stereocenters. The molecule has 0 aliphatic carbocycles. The quantitative estimate of drug-likeness (QED) is 0.382. The SMILES string of the molecule is Cc1cc(Nc2ncnc3ccc(C#CC4(O)CCCNC4)cc23)ccc1OCc1ccccn1. The topological polar surface area (TPSA) is 92.2 Å². The van der Waals surface area contributed by atoms with Gasteiger partial charge in [-0.15, -0.1) is 0 Å². The Kier molecular flexibility index (Phi) is 6.57. The van der Waals surface area contributed by atoms with Gasteiger partial charge >= 0.3 is 0 Å². The van der Waals surface area contributed by atoms with Crippen molar-refractivity contribution in [3.63, 3.8) is 0 Å². The first-order chi connectivity index (χ1) is 17.1. The number of nitrogens with zero attached hydrogens (tertiary/aromatic N) is 3. The van der Waals surface area contributed by atoms with E-state index in [9.17, 15) is 5.11 Å². The van der Waals surface area contributed by atoms with E-state index in [2.05, 4.69) is 37.4 Å². The van der Waals surface area contributed by atoms with Crippen LogP contribution in [0.5, 0.6) is 5.75 Å². The minimum absolute atomic E-state index is 0.417. The molecule has 0 saturated carbocycles. The van der Waals surface area contributed by atoms with Gasteiger partial charge in [0.15, 0.2) is 0 Å². The van der Waals surface area contributed by atoms with Crippen molar-refractivity contribution in [3.8, 4) is 17.6 Å². The average Bonchev–Trinajstić information content (AvgIpc) is 2.88. The minimum atomic E-state index is -0.987. The molecular formula is C28H27N5O2. The first kappa shape index (κ1) is 22.8. The fourth-order valence-electron chi connectivity index (χ4n) is 4.08. The van der Waals surface area contributed by atoms with Gasteiger partial charge in [-0.25, -0.2) is 9.97 Å². The van der Waals surface area contributed by atoms with Gasteiger partial charge in [-0.3, -0.25) is 4.98 Å². The maximum atomic E-state index is 10.7. The fourth-order valence-corrected chi connectivity index (χ4v) is 4.08. The Bertz CT molecular complexity index is 1390. The fraction of sp³-hybridized carbons (Fsp3) is 0.250. The molecule has 176 valence electrons. The number of aromatic nitrogens is 3. The van der Waals surface area contributed by atoms with E-state index in [1.165, 1.54) is 0 Å². The number of β-amino-alcohol motifs (C(OH)–C–C–N with tert-alkyl or cyclic N) is 1. The number of hydrogen-bond donors (Lipinski definition) is 3. The molecule has 3 N–H and O–H groups in total. The van der Waals surface area contributed by atoms with Gasteiger partial charge in [-0.1, -0.05) is 17.9 Å². The summed E-state index contributed by atoms with van der Waals surface area (Å²) in [4.78, 5) is 13.2. The Morgan fingerprint density at radius 1 is 1.11 bits per heavy atom. The van der Waals surface area contributed by atoms with Crippen LogP contribution in [-0.4, -0.2) is 38.7 Å². The van der Waals surface area contributed by atoms with E-state index in [-0.39, 0.29) is 0 Å². The molecule has 5 rings (SSSR count). The number of rotatable bonds is 5. The Morgan fingerprint density at radius 2 is 2.06 bits per heavy atom. The molecule has 3 heterocycles. The first-order valence-electron chi connectivity index (χ1n) is 11.7. The van der Waals surface area contributed by atoms with Gasteiger partial charge < -0.3 is 20.5 Å². The van der Waals surface area contributed by atoms with Gasteiger partial charge in [0.2, 0.25) is 0 Å². The number of benzene rings is 2. The first-order valence-corrected chi connectivity index (χ1v) is 11.7. The monoisotopic (exact) mass is 465 g/mol. The van der Waals surface area contributed by atoms with Gasteiger partial charge in [-0.05, 0) is 80.4 Å². The summed E-state index contributed by atoms with van der Waals surface area (Å²) in [7, 11) is 0. The Labute approximate surface area is 204 Å². The maximum absolute atomic E-state index is 10.7. The number of ether oxygens (including phenoxy) is 1. The number of aliphatic hydroxyl groups is 1.